The van der Waals surface area contributed by atoms with Gasteiger partial charge in [-0.3, -0.25) is 0 Å². The summed E-state index contributed by atoms with van der Waals surface area (Å²) < 4.78 is 1.06. The fraction of sp³-hybridized carbons (Fsp3) is 0.636. The summed E-state index contributed by atoms with van der Waals surface area (Å²) >= 11 is -0.671. The third kappa shape index (κ3) is 1.47. The maximum atomic E-state index is 2.52. The van der Waals surface area contributed by atoms with Gasteiger partial charge in [-0.2, -0.15) is 0 Å². The van der Waals surface area contributed by atoms with Crippen LogP contribution < -0.4 is 0 Å². The Morgan fingerprint density at radius 3 is 2.92 bits per heavy atom. The van der Waals surface area contributed by atoms with Crippen LogP contribution in [0.25, 0.3) is 0 Å². The molecular formula is C11H17Ti. The molecule has 1 saturated carbocycles. The van der Waals surface area contributed by atoms with E-state index >= 15 is 0 Å². The molecular weight excluding hydrogens is 180 g/mol. The van der Waals surface area contributed by atoms with Gasteiger partial charge >= 0.3 is 81.5 Å². The van der Waals surface area contributed by atoms with E-state index in [1.165, 1.54) is 19.3 Å². The minimum absolute atomic E-state index is 0.671. The molecule has 2 atom stereocenters. The van der Waals surface area contributed by atoms with Crippen LogP contribution >= 0.6 is 0 Å². The molecule has 2 aliphatic rings. The number of fused-ring (bicyclic) bond motifs is 1. The predicted molar refractivity (Wildman–Crippen MR) is 50.0 cm³/mol. The molecule has 12 heavy (non-hydrogen) atoms. The van der Waals surface area contributed by atoms with Gasteiger partial charge < -0.3 is 0 Å². The van der Waals surface area contributed by atoms with Gasteiger partial charge in [0.2, 0.25) is 0 Å². The molecule has 0 amide bonds. The van der Waals surface area contributed by atoms with Crippen LogP contribution in [0, 0.1) is 5.92 Å². The Kier molecular flexibility index (Phi) is 2.57. The van der Waals surface area contributed by atoms with Gasteiger partial charge in [0.15, 0.2) is 0 Å². The Hall–Kier alpha value is 0.194. The zero-order valence-electron chi connectivity index (χ0n) is 8.01. The summed E-state index contributed by atoms with van der Waals surface area (Å²) in [4.78, 5) is 0. The molecule has 0 saturated heterocycles. The molecule has 0 nitrogen and oxygen atoms in total. The molecule has 2 unspecified atom stereocenters. The molecule has 0 aromatic carbocycles. The van der Waals surface area contributed by atoms with E-state index in [4.69, 9.17) is 0 Å². The van der Waals surface area contributed by atoms with Crippen LogP contribution in [0.4, 0.5) is 0 Å². The SMILES string of the molecule is [CH3][Ti]([CH3])[CH]1CCC2CC=CC=C21. The third-order valence-corrected chi connectivity index (χ3v) is 6.37. The number of hydrogen-bond donors (Lipinski definition) is 0. The normalized spacial score (nSPS) is 33.0. The van der Waals surface area contributed by atoms with Crippen molar-refractivity contribution in [1.82, 2.24) is 0 Å². The molecule has 0 bridgehead atoms. The Morgan fingerprint density at radius 1 is 1.33 bits per heavy atom. The Bertz CT molecular complexity index is 225. The molecule has 0 aromatic rings. The van der Waals surface area contributed by atoms with Crippen LogP contribution in [0.3, 0.4) is 0 Å². The van der Waals surface area contributed by atoms with Gasteiger partial charge in [0, 0.05) is 0 Å². The molecule has 0 spiro atoms. The first kappa shape index (κ1) is 8.78. The molecule has 0 N–H and O–H groups in total. The van der Waals surface area contributed by atoms with E-state index < -0.39 is 17.9 Å². The summed E-state index contributed by atoms with van der Waals surface area (Å²) in [7, 11) is 0. The average molecular weight is 197 g/mol. The van der Waals surface area contributed by atoms with Crippen molar-refractivity contribution in [3.63, 3.8) is 0 Å². The first-order valence-corrected chi connectivity index (χ1v) is 8.98. The number of hydrogen-bond acceptors (Lipinski definition) is 0. The van der Waals surface area contributed by atoms with Gasteiger partial charge in [0.25, 0.3) is 0 Å². The molecule has 0 radical (unpaired) electrons. The van der Waals surface area contributed by atoms with E-state index in [-0.39, 0.29) is 0 Å². The van der Waals surface area contributed by atoms with Gasteiger partial charge in [-0.25, -0.2) is 0 Å². The molecule has 0 aliphatic heterocycles. The minimum atomic E-state index is -0.671. The van der Waals surface area contributed by atoms with E-state index in [0.29, 0.717) is 0 Å². The molecule has 0 heterocycles. The summed E-state index contributed by atoms with van der Waals surface area (Å²) in [5.41, 5.74) is 1.82. The van der Waals surface area contributed by atoms with Crippen molar-refractivity contribution in [3.8, 4) is 0 Å². The quantitative estimate of drug-likeness (QED) is 0.561. The van der Waals surface area contributed by atoms with Crippen LogP contribution in [0.5, 0.6) is 0 Å². The van der Waals surface area contributed by atoms with E-state index in [2.05, 4.69) is 28.7 Å². The van der Waals surface area contributed by atoms with Gasteiger partial charge in [0.05, 0.1) is 0 Å². The van der Waals surface area contributed by atoms with Crippen molar-refractivity contribution in [3.05, 3.63) is 23.8 Å². The van der Waals surface area contributed by atoms with Crippen LogP contribution in [0.2, 0.25) is 14.7 Å². The second-order valence-corrected chi connectivity index (χ2v) is 8.69. The molecule has 65 valence electrons. The summed E-state index contributed by atoms with van der Waals surface area (Å²) in [6.45, 7) is 0. The second-order valence-electron chi connectivity index (χ2n) is 4.23. The van der Waals surface area contributed by atoms with Gasteiger partial charge in [-0.15, -0.1) is 0 Å². The van der Waals surface area contributed by atoms with Crippen LogP contribution in [0.1, 0.15) is 19.3 Å². The van der Waals surface area contributed by atoms with Crippen LogP contribution in [-0.2, 0) is 17.9 Å². The Labute approximate surface area is 81.6 Å². The number of allylic oxidation sites excluding steroid dienone is 4. The summed E-state index contributed by atoms with van der Waals surface area (Å²) in [5, 5.41) is 5.04. The zero-order chi connectivity index (χ0) is 8.55. The Balaban J connectivity index is 2.19. The maximum absolute atomic E-state index is 2.52. The number of rotatable bonds is 1. The predicted octanol–water partition coefficient (Wildman–Crippen LogP) is 3.79. The Morgan fingerprint density at radius 2 is 2.17 bits per heavy atom. The van der Waals surface area contributed by atoms with E-state index in [1.807, 2.05) is 5.57 Å². The summed E-state index contributed by atoms with van der Waals surface area (Å²) in [5.74, 6) is 0.947. The van der Waals surface area contributed by atoms with Crippen molar-refractivity contribution in [2.75, 3.05) is 0 Å². The van der Waals surface area contributed by atoms with Gasteiger partial charge in [0.1, 0.15) is 0 Å². The van der Waals surface area contributed by atoms with E-state index in [1.54, 1.807) is 0 Å². The monoisotopic (exact) mass is 197 g/mol. The van der Waals surface area contributed by atoms with Gasteiger partial charge in [-0.05, 0) is 0 Å². The van der Waals surface area contributed by atoms with E-state index in [9.17, 15) is 0 Å². The van der Waals surface area contributed by atoms with Crippen molar-refractivity contribution in [2.24, 2.45) is 5.92 Å². The fourth-order valence-electron chi connectivity index (χ4n) is 2.54. The van der Waals surface area contributed by atoms with Crippen LogP contribution in [0.15, 0.2) is 23.8 Å². The van der Waals surface area contributed by atoms with Crippen LogP contribution in [-0.4, -0.2) is 0 Å². The van der Waals surface area contributed by atoms with Crippen molar-refractivity contribution < 1.29 is 17.9 Å². The molecule has 2 aliphatic carbocycles. The van der Waals surface area contributed by atoms with Crippen molar-refractivity contribution in [2.45, 2.75) is 33.9 Å². The molecule has 1 fully saturated rings. The van der Waals surface area contributed by atoms with Crippen molar-refractivity contribution >= 4 is 0 Å². The standard InChI is InChI=1S/C9H11.2CH3.Ti/c1-2-5-9-7-3-6-8(9)4-1;;;/h1-2,4,6,9H,3,5,7H2;2*1H3;. The second kappa shape index (κ2) is 3.51. The summed E-state index contributed by atoms with van der Waals surface area (Å²) in [6.07, 6.45) is 11.3. The summed E-state index contributed by atoms with van der Waals surface area (Å²) in [6, 6.07) is 0. The van der Waals surface area contributed by atoms with Gasteiger partial charge in [-0.1, -0.05) is 0 Å². The first-order valence-electron chi connectivity index (χ1n) is 4.95. The van der Waals surface area contributed by atoms with Crippen molar-refractivity contribution in [1.29, 1.82) is 0 Å². The first-order chi connectivity index (χ1) is 5.79. The molecule has 0 aromatic heterocycles. The fourth-order valence-corrected chi connectivity index (χ4v) is 5.26. The average Bonchev–Trinajstić information content (AvgIpc) is 2.47. The topological polar surface area (TPSA) is 0 Å². The molecule has 1 heteroatoms. The molecule has 2 rings (SSSR count). The zero-order valence-corrected chi connectivity index (χ0v) is 9.57. The third-order valence-electron chi connectivity index (χ3n) is 3.22. The van der Waals surface area contributed by atoms with E-state index in [0.717, 1.165) is 10.1 Å².